The minimum atomic E-state index is -0.0229. The van der Waals surface area contributed by atoms with E-state index in [9.17, 15) is 4.79 Å². The minimum absolute atomic E-state index is 0.0229. The first kappa shape index (κ1) is 17.1. The van der Waals surface area contributed by atoms with Gasteiger partial charge in [0.25, 0.3) is 0 Å². The van der Waals surface area contributed by atoms with Gasteiger partial charge in [0.1, 0.15) is 11.6 Å². The second-order valence-corrected chi connectivity index (χ2v) is 5.67. The van der Waals surface area contributed by atoms with Crippen molar-refractivity contribution in [1.82, 2.24) is 20.6 Å². The quantitative estimate of drug-likeness (QED) is 0.702. The molecule has 0 bridgehead atoms. The van der Waals surface area contributed by atoms with Crippen molar-refractivity contribution in [2.24, 2.45) is 5.92 Å². The van der Waals surface area contributed by atoms with Crippen molar-refractivity contribution in [1.29, 1.82) is 5.26 Å². The predicted molar refractivity (Wildman–Crippen MR) is 90.7 cm³/mol. The van der Waals surface area contributed by atoms with Crippen molar-refractivity contribution in [2.45, 2.75) is 27.2 Å². The zero-order valence-corrected chi connectivity index (χ0v) is 13.8. The van der Waals surface area contributed by atoms with E-state index in [1.54, 1.807) is 0 Å². The van der Waals surface area contributed by atoms with Crippen LogP contribution in [0.3, 0.4) is 0 Å². The van der Waals surface area contributed by atoms with Crippen LogP contribution >= 0.6 is 0 Å². The van der Waals surface area contributed by atoms with Crippen molar-refractivity contribution in [2.75, 3.05) is 10.6 Å². The van der Waals surface area contributed by atoms with Gasteiger partial charge in [-0.2, -0.15) is 10.5 Å². The van der Waals surface area contributed by atoms with Gasteiger partial charge in [0.05, 0.1) is 0 Å². The number of rotatable bonds is 6. The molecule has 0 fully saturated rings. The van der Waals surface area contributed by atoms with Crippen LogP contribution in [0.5, 0.6) is 0 Å². The van der Waals surface area contributed by atoms with Crippen molar-refractivity contribution >= 4 is 22.9 Å². The number of anilines is 2. The Morgan fingerprint density at radius 3 is 2.79 bits per heavy atom. The number of aromatic nitrogens is 4. The summed E-state index contributed by atoms with van der Waals surface area (Å²) in [7, 11) is 0. The molecule has 1 aromatic carbocycles. The highest BCUT2D eigenvalue weighted by Gasteiger charge is 2.10. The molecule has 3 N–H and O–H groups in total. The van der Waals surface area contributed by atoms with Crippen molar-refractivity contribution < 1.29 is 4.79 Å². The predicted octanol–water partition coefficient (Wildman–Crippen LogP) is 2.47. The van der Waals surface area contributed by atoms with E-state index in [0.717, 1.165) is 16.9 Å². The van der Waals surface area contributed by atoms with E-state index in [4.69, 9.17) is 5.26 Å². The first-order chi connectivity index (χ1) is 11.5. The van der Waals surface area contributed by atoms with Crippen LogP contribution in [-0.2, 0) is 4.79 Å². The van der Waals surface area contributed by atoms with Gasteiger partial charge in [-0.25, -0.2) is 0 Å². The molecule has 124 valence electrons. The van der Waals surface area contributed by atoms with Crippen LogP contribution in [0, 0.1) is 24.2 Å². The lowest BCUT2D eigenvalue weighted by Gasteiger charge is -2.13. The molecule has 1 aromatic heterocycles. The van der Waals surface area contributed by atoms with E-state index >= 15 is 0 Å². The second-order valence-electron chi connectivity index (χ2n) is 5.67. The fraction of sp³-hybridized carbons (Fsp3) is 0.312. The number of nitrogens with one attached hydrogen (secondary N) is 3. The topological polar surface area (TPSA) is 119 Å². The number of nitrogens with zero attached hydrogens (tertiary/aromatic N) is 4. The van der Waals surface area contributed by atoms with Gasteiger partial charge < -0.3 is 10.6 Å². The zero-order valence-electron chi connectivity index (χ0n) is 13.8. The Hall–Kier alpha value is -3.21. The molecule has 0 unspecified atom stereocenters. The number of hydrogen-bond donors (Lipinski definition) is 3. The molecule has 0 radical (unpaired) electrons. The molecule has 24 heavy (non-hydrogen) atoms. The summed E-state index contributed by atoms with van der Waals surface area (Å²) in [6.45, 7) is 5.88. The number of hydrogen-bond acceptors (Lipinski definition) is 6. The van der Waals surface area contributed by atoms with E-state index in [1.165, 1.54) is 6.20 Å². The minimum Gasteiger partial charge on any atom is -0.360 e. The standard InChI is InChI=1S/C16H19N7O/c1-10(2)7-15(24)19-14-6-4-5-13(11(14)3)18-9-12(8-17)16-20-22-23-21-16/h4-6,9-10,18H,7H2,1-3H3,(H,19,24)(H,20,21,22,23). The average Bonchev–Trinajstić information content (AvgIpc) is 3.05. The number of amides is 1. The number of nitriles is 1. The monoisotopic (exact) mass is 325 g/mol. The fourth-order valence-corrected chi connectivity index (χ4v) is 2.07. The van der Waals surface area contributed by atoms with Crippen LogP contribution in [0.25, 0.3) is 5.57 Å². The van der Waals surface area contributed by atoms with Crippen LogP contribution in [0.2, 0.25) is 0 Å². The molecule has 1 amide bonds. The number of benzene rings is 1. The Balaban J connectivity index is 2.16. The average molecular weight is 325 g/mol. The Bertz CT molecular complexity index is 772. The maximum atomic E-state index is 11.9. The smallest absolute Gasteiger partial charge is 0.224 e. The van der Waals surface area contributed by atoms with Gasteiger partial charge in [0.2, 0.25) is 11.7 Å². The highest BCUT2D eigenvalue weighted by molar-refractivity contribution is 5.92. The normalized spacial score (nSPS) is 11.2. The van der Waals surface area contributed by atoms with E-state index in [2.05, 4.69) is 31.3 Å². The SMILES string of the molecule is Cc1c(NC=C(C#N)c2nn[nH]n2)cccc1NC(=O)CC(C)C. The summed E-state index contributed by atoms with van der Waals surface area (Å²) >= 11 is 0. The molecule has 8 nitrogen and oxygen atoms in total. The molecule has 1 heterocycles. The maximum absolute atomic E-state index is 11.9. The summed E-state index contributed by atoms with van der Waals surface area (Å²) in [5, 5.41) is 28.4. The molecule has 0 atom stereocenters. The largest absolute Gasteiger partial charge is 0.360 e. The number of carbonyl (C=O) groups is 1. The molecule has 0 aliphatic rings. The summed E-state index contributed by atoms with van der Waals surface area (Å²) in [6, 6.07) is 7.53. The van der Waals surface area contributed by atoms with Gasteiger partial charge in [-0.05, 0) is 35.8 Å². The molecule has 2 aromatic rings. The molecule has 0 aliphatic heterocycles. The van der Waals surface area contributed by atoms with Gasteiger partial charge in [-0.15, -0.1) is 10.2 Å². The Morgan fingerprint density at radius 2 is 2.17 bits per heavy atom. The lowest BCUT2D eigenvalue weighted by molar-refractivity contribution is -0.116. The first-order valence-corrected chi connectivity index (χ1v) is 7.51. The third-order valence-electron chi connectivity index (χ3n) is 3.28. The lowest BCUT2D eigenvalue weighted by atomic mass is 10.1. The number of allylic oxidation sites excluding steroid dienone is 1. The second kappa shape index (κ2) is 7.87. The van der Waals surface area contributed by atoms with Crippen molar-refractivity contribution in [3.63, 3.8) is 0 Å². The lowest BCUT2D eigenvalue weighted by Crippen LogP contribution is -2.14. The molecule has 8 heteroatoms. The molecular weight excluding hydrogens is 306 g/mol. The highest BCUT2D eigenvalue weighted by atomic mass is 16.1. The van der Waals surface area contributed by atoms with Crippen LogP contribution in [-0.4, -0.2) is 26.5 Å². The van der Waals surface area contributed by atoms with Crippen LogP contribution < -0.4 is 10.6 Å². The van der Waals surface area contributed by atoms with Crippen LogP contribution in [0.1, 0.15) is 31.7 Å². The van der Waals surface area contributed by atoms with E-state index in [0.29, 0.717) is 12.3 Å². The third kappa shape index (κ3) is 4.39. The molecule has 0 saturated heterocycles. The zero-order chi connectivity index (χ0) is 17.5. The van der Waals surface area contributed by atoms with Gasteiger partial charge >= 0.3 is 0 Å². The van der Waals surface area contributed by atoms with E-state index in [-0.39, 0.29) is 17.3 Å². The number of tetrazole rings is 1. The summed E-state index contributed by atoms with van der Waals surface area (Å²) in [4.78, 5) is 11.9. The van der Waals surface area contributed by atoms with Gasteiger partial charge in [-0.3, -0.25) is 4.79 Å². The summed E-state index contributed by atoms with van der Waals surface area (Å²) in [5.41, 5.74) is 2.62. The van der Waals surface area contributed by atoms with Crippen LogP contribution in [0.4, 0.5) is 11.4 Å². The van der Waals surface area contributed by atoms with Gasteiger partial charge in [0.15, 0.2) is 0 Å². The Morgan fingerprint density at radius 1 is 1.42 bits per heavy atom. The summed E-state index contributed by atoms with van der Waals surface area (Å²) < 4.78 is 0. The fourth-order valence-electron chi connectivity index (χ4n) is 2.07. The first-order valence-electron chi connectivity index (χ1n) is 7.51. The molecule has 2 rings (SSSR count). The van der Waals surface area contributed by atoms with Crippen molar-refractivity contribution in [3.05, 3.63) is 35.8 Å². The Kier molecular flexibility index (Phi) is 5.63. The third-order valence-corrected chi connectivity index (χ3v) is 3.28. The number of carbonyl (C=O) groups excluding carboxylic acids is 1. The van der Waals surface area contributed by atoms with Gasteiger partial charge in [0, 0.05) is 24.0 Å². The van der Waals surface area contributed by atoms with Crippen molar-refractivity contribution in [3.8, 4) is 6.07 Å². The Labute approximate surface area is 140 Å². The summed E-state index contributed by atoms with van der Waals surface area (Å²) in [5.74, 6) is 0.483. The maximum Gasteiger partial charge on any atom is 0.224 e. The van der Waals surface area contributed by atoms with Gasteiger partial charge in [-0.1, -0.05) is 19.9 Å². The molecular formula is C16H19N7O. The van der Waals surface area contributed by atoms with E-state index in [1.807, 2.05) is 45.0 Å². The molecule has 0 aliphatic carbocycles. The number of H-pyrrole nitrogens is 1. The summed E-state index contributed by atoms with van der Waals surface area (Å²) in [6.07, 6.45) is 1.97. The number of aromatic amines is 1. The molecule has 0 spiro atoms. The molecule has 0 saturated carbocycles. The highest BCUT2D eigenvalue weighted by Crippen LogP contribution is 2.24. The van der Waals surface area contributed by atoms with E-state index < -0.39 is 0 Å². The van der Waals surface area contributed by atoms with Crippen LogP contribution in [0.15, 0.2) is 24.4 Å².